The van der Waals surface area contributed by atoms with Gasteiger partial charge in [0.2, 0.25) is 0 Å². The molecule has 12 heteroatoms. The molecule has 4 aromatic carbocycles. The minimum Gasteiger partial charge on any atom is -0.399 e. The van der Waals surface area contributed by atoms with Crippen molar-refractivity contribution in [1.29, 1.82) is 0 Å². The Kier molecular flexibility index (Phi) is 11.2. The number of para-hydroxylation sites is 2. The second kappa shape index (κ2) is 14.6. The number of nitrogen functional groups attached to an aromatic ring is 1. The zero-order valence-electron chi connectivity index (χ0n) is 18.3. The average Bonchev–Trinajstić information content (AvgIpc) is 3.25. The summed E-state index contributed by atoms with van der Waals surface area (Å²) in [5.74, 6) is 0. The maximum Gasteiger partial charge on any atom is 0.0541 e. The molecule has 0 spiro atoms. The summed E-state index contributed by atoms with van der Waals surface area (Å²) >= 11 is 9.31. The molecule has 0 aliphatic rings. The Bertz CT molecular complexity index is 1840. The summed E-state index contributed by atoms with van der Waals surface area (Å²) in [4.78, 5) is 0. The fourth-order valence-electron chi connectivity index (χ4n) is 3.79. The first-order chi connectivity index (χ1) is 17.7. The zero-order chi connectivity index (χ0) is 25.2. The van der Waals surface area contributed by atoms with Crippen LogP contribution in [0.25, 0.3) is 38.6 Å². The van der Waals surface area contributed by atoms with E-state index in [1.54, 1.807) is 53.3 Å². The van der Waals surface area contributed by atoms with Gasteiger partial charge in [0.25, 0.3) is 0 Å². The maximum absolute atomic E-state index is 5.98. The van der Waals surface area contributed by atoms with Crippen molar-refractivity contribution in [3.05, 3.63) is 97.1 Å². The van der Waals surface area contributed by atoms with Gasteiger partial charge >= 0.3 is 0 Å². The molecule has 0 bridgehead atoms. The Labute approximate surface area is 242 Å². The Morgan fingerprint density at radius 3 is 1.83 bits per heavy atom. The fraction of sp³-hybridized carbons (Fsp3) is 0. The number of anilines is 1. The first kappa shape index (κ1) is 27.7. The molecule has 0 saturated heterocycles. The smallest absolute Gasteiger partial charge is 0.0541 e. The first-order valence-corrected chi connectivity index (χ1v) is 22.3. The van der Waals surface area contributed by atoms with Gasteiger partial charge in [-0.2, -0.15) is 0 Å². The lowest BCUT2D eigenvalue weighted by Crippen LogP contribution is -1.92. The number of nitrogens with two attached hydrogens (primary N) is 1. The molecule has 5 rings (SSSR count). The molecule has 0 radical (unpaired) electrons. The molecule has 0 aliphatic carbocycles. The van der Waals surface area contributed by atoms with Crippen molar-refractivity contribution in [3.8, 4) is 16.8 Å². The molecule has 184 valence electrons. The minimum absolute atomic E-state index is 0.786. The molecule has 0 amide bonds. The lowest BCUT2D eigenvalue weighted by atomic mass is 10.0. The summed E-state index contributed by atoms with van der Waals surface area (Å²) in [5.41, 5.74) is 12.7. The molecule has 0 atom stereocenters. The summed E-state index contributed by atoms with van der Waals surface area (Å²) in [7, 11) is 12.7. The molecule has 0 aliphatic heterocycles. The number of fused-ring (bicyclic) bond motifs is 3. The monoisotopic (exact) mass is 654 g/mol. The Morgan fingerprint density at radius 2 is 1.14 bits per heavy atom. The molecule has 0 saturated carbocycles. The fourth-order valence-corrected chi connectivity index (χ4v) is 20.3. The molecule has 0 fully saturated rings. The first-order valence-electron chi connectivity index (χ1n) is 10.3. The van der Waals surface area contributed by atoms with Gasteiger partial charge in [0.15, 0.2) is 0 Å². The van der Waals surface area contributed by atoms with E-state index in [2.05, 4.69) is 106 Å². The van der Waals surface area contributed by atoms with Gasteiger partial charge in [-0.25, -0.2) is 0 Å². The van der Waals surface area contributed by atoms with Gasteiger partial charge in [-0.1, -0.05) is 54.6 Å². The second-order valence-electron chi connectivity index (χ2n) is 7.09. The summed E-state index contributed by atoms with van der Waals surface area (Å²) in [6.45, 7) is 0. The van der Waals surface area contributed by atoms with Crippen LogP contribution < -0.4 is 5.73 Å². The zero-order valence-corrected chi connectivity index (χ0v) is 26.5. The third-order valence-electron chi connectivity index (χ3n) is 5.10. The van der Waals surface area contributed by atoms with Crippen molar-refractivity contribution in [2.24, 2.45) is 0 Å². The largest absolute Gasteiger partial charge is 0.399 e. The molecule has 5 aromatic rings. The second-order valence-corrected chi connectivity index (χ2v) is 21.2. The highest BCUT2D eigenvalue weighted by molar-refractivity contribution is 8.73. The van der Waals surface area contributed by atoms with Crippen molar-refractivity contribution in [1.82, 2.24) is 4.57 Å². The molecule has 2 N–H and O–H groups in total. The molecular weight excluding hydrogens is 637 g/mol. The lowest BCUT2D eigenvalue weighted by molar-refractivity contribution is 1.18. The van der Waals surface area contributed by atoms with Crippen LogP contribution in [0.2, 0.25) is 0 Å². The summed E-state index contributed by atoms with van der Waals surface area (Å²) < 4.78 is 2.33. The number of nitrogens with zero attached hydrogens (tertiary/aromatic N) is 1. The topological polar surface area (TPSA) is 30.9 Å². The van der Waals surface area contributed by atoms with Crippen molar-refractivity contribution in [2.75, 3.05) is 5.73 Å². The van der Waals surface area contributed by atoms with Crippen molar-refractivity contribution < 1.29 is 0 Å². The third kappa shape index (κ3) is 7.16. The molecule has 36 heavy (non-hydrogen) atoms. The molecule has 2 nitrogen and oxygen atoms in total. The van der Waals surface area contributed by atoms with Crippen LogP contribution in [0.5, 0.6) is 0 Å². The van der Waals surface area contributed by atoms with Crippen LogP contribution in [-0.4, -0.2) is 4.57 Å². The number of rotatable bonds is 2. The van der Waals surface area contributed by atoms with Crippen LogP contribution in [0.1, 0.15) is 0 Å². The van der Waals surface area contributed by atoms with Crippen LogP contribution in [0, 0.1) is 0 Å². The molecule has 1 aromatic heterocycles. The van der Waals surface area contributed by atoms with E-state index in [9.17, 15) is 0 Å². The average molecular weight is 655 g/mol. The van der Waals surface area contributed by atoms with Crippen LogP contribution in [-0.2, 0) is 93.4 Å². The highest BCUT2D eigenvalue weighted by atomic mass is 33.4. The molecule has 0 unspecified atom stereocenters. The van der Waals surface area contributed by atoms with Crippen LogP contribution in [0.3, 0.4) is 0 Å². The molecular formula is C24H18N2S10. The summed E-state index contributed by atoms with van der Waals surface area (Å²) in [5, 5.41) is 2.52. The van der Waals surface area contributed by atoms with Gasteiger partial charge in [0.1, 0.15) is 0 Å². The Balaban J connectivity index is 0.000000261. The van der Waals surface area contributed by atoms with E-state index in [-0.39, 0.29) is 0 Å². The summed E-state index contributed by atoms with van der Waals surface area (Å²) in [6, 6.07) is 33.8. The number of hydrogen-bond acceptors (Lipinski definition) is 3. The van der Waals surface area contributed by atoms with E-state index < -0.39 is 0 Å². The van der Waals surface area contributed by atoms with E-state index in [0.717, 1.165) is 11.3 Å². The van der Waals surface area contributed by atoms with E-state index in [0.29, 0.717) is 0 Å². The van der Waals surface area contributed by atoms with Crippen LogP contribution >= 0.6 is 0 Å². The summed E-state index contributed by atoms with van der Waals surface area (Å²) in [6.07, 6.45) is 0. The quantitative estimate of drug-likeness (QED) is 0.237. The lowest BCUT2D eigenvalue weighted by Gasteiger charge is -2.08. The maximum atomic E-state index is 5.98. The van der Waals surface area contributed by atoms with Gasteiger partial charge < -0.3 is 10.3 Å². The number of hydrogen-bond donors (Lipinski definition) is 1. The van der Waals surface area contributed by atoms with E-state index in [4.69, 9.17) is 5.73 Å². The normalized spacial score (nSPS) is 10.0. The van der Waals surface area contributed by atoms with Gasteiger partial charge in [-0.05, 0) is 53.6 Å². The van der Waals surface area contributed by atoms with Crippen molar-refractivity contribution >= 4 is 121 Å². The van der Waals surface area contributed by atoms with Gasteiger partial charge in [0.05, 0.1) is 11.0 Å². The van der Waals surface area contributed by atoms with Crippen molar-refractivity contribution in [3.63, 3.8) is 0 Å². The van der Waals surface area contributed by atoms with Crippen LogP contribution in [0.15, 0.2) is 97.1 Å². The highest BCUT2D eigenvalue weighted by Crippen LogP contribution is 2.34. The minimum atomic E-state index is 0.786. The SMILES string of the molecule is Nc1cccc(-c2ccc3c(c2)c2ccccc2n3-c2ccccc2)c1.S=S=S=S=S=S=S=S=S=S. The predicted octanol–water partition coefficient (Wildman–Crippen LogP) is 6.01. The Hall–Kier alpha value is -1.32. The number of aromatic nitrogens is 1. The van der Waals surface area contributed by atoms with E-state index in [1.165, 1.54) is 50.8 Å². The highest BCUT2D eigenvalue weighted by Gasteiger charge is 2.12. The van der Waals surface area contributed by atoms with Crippen molar-refractivity contribution in [2.45, 2.75) is 0 Å². The van der Waals surface area contributed by atoms with E-state index >= 15 is 0 Å². The van der Waals surface area contributed by atoms with E-state index in [1.807, 2.05) is 18.2 Å². The van der Waals surface area contributed by atoms with Crippen LogP contribution in [0.4, 0.5) is 5.69 Å². The Morgan fingerprint density at radius 1 is 0.528 bits per heavy atom. The molecule has 1 heterocycles. The standard InChI is InChI=1S/C24H18N2.S10/c25-19-8-6-7-17(15-19)18-13-14-24-22(16-18)21-11-4-5-12-23(21)26(24)20-9-2-1-3-10-20;1-3-5-7-9-10-8-6-4-2/h1-16H,25H2;. The van der Waals surface area contributed by atoms with Gasteiger partial charge in [-0.3, -0.25) is 0 Å². The van der Waals surface area contributed by atoms with Gasteiger partial charge in [-0.15, -0.1) is 0 Å². The third-order valence-corrected chi connectivity index (χ3v) is 20.7. The predicted molar refractivity (Wildman–Crippen MR) is 184 cm³/mol. The van der Waals surface area contributed by atoms with Gasteiger partial charge in [0, 0.05) is 116 Å². The number of benzene rings is 4.